The van der Waals surface area contributed by atoms with Gasteiger partial charge in [0, 0.05) is 48.9 Å². The van der Waals surface area contributed by atoms with Gasteiger partial charge in [-0.25, -0.2) is 0 Å². The van der Waals surface area contributed by atoms with Crippen molar-refractivity contribution < 1.29 is 9.59 Å². The van der Waals surface area contributed by atoms with Crippen LogP contribution in [-0.2, 0) is 11.2 Å². The molecule has 204 valence electrons. The lowest BCUT2D eigenvalue weighted by Crippen LogP contribution is -2.52. The fourth-order valence-electron chi connectivity index (χ4n) is 4.69. The highest BCUT2D eigenvalue weighted by Crippen LogP contribution is 2.26. The lowest BCUT2D eigenvalue weighted by atomic mass is 10.1. The zero-order valence-electron chi connectivity index (χ0n) is 21.9. The zero-order chi connectivity index (χ0) is 27.9. The minimum atomic E-state index is -0.187. The van der Waals surface area contributed by atoms with Crippen molar-refractivity contribution in [2.75, 3.05) is 44.2 Å². The van der Waals surface area contributed by atoms with E-state index >= 15 is 0 Å². The second kappa shape index (κ2) is 12.9. The second-order valence-corrected chi connectivity index (χ2v) is 10.4. The maximum absolute atomic E-state index is 13.4. The third-order valence-electron chi connectivity index (χ3n) is 6.97. The van der Waals surface area contributed by atoms with E-state index in [1.54, 1.807) is 29.2 Å². The van der Waals surface area contributed by atoms with E-state index in [-0.39, 0.29) is 18.4 Å². The number of nitrogens with zero attached hydrogens (tertiary/aromatic N) is 5. The summed E-state index contributed by atoms with van der Waals surface area (Å²) in [5.74, 6) is 0.494. The summed E-state index contributed by atoms with van der Waals surface area (Å²) < 4.78 is 0. The molecule has 0 N–H and O–H groups in total. The Bertz CT molecular complexity index is 1440. The normalized spacial score (nSPS) is 13.2. The number of hydrogen-bond acceptors (Lipinski definition) is 5. The molecule has 1 aliphatic heterocycles. The summed E-state index contributed by atoms with van der Waals surface area (Å²) in [6, 6.07) is 28.1. The first-order valence-electron chi connectivity index (χ1n) is 13.2. The summed E-state index contributed by atoms with van der Waals surface area (Å²) in [4.78, 5) is 32.3. The molecule has 40 heavy (non-hydrogen) atoms. The quantitative estimate of drug-likeness (QED) is 0.279. The highest BCUT2D eigenvalue weighted by molar-refractivity contribution is 6.33. The summed E-state index contributed by atoms with van der Waals surface area (Å²) in [6.45, 7) is 2.77. The molecule has 4 aromatic rings. The Morgan fingerprint density at radius 2 is 1.48 bits per heavy atom. The van der Waals surface area contributed by atoms with Crippen molar-refractivity contribution in [1.82, 2.24) is 20.0 Å². The monoisotopic (exact) mass is 573 g/mol. The fourth-order valence-corrected chi connectivity index (χ4v) is 5.05. The Balaban J connectivity index is 1.21. The Kier molecular flexibility index (Phi) is 8.94. The number of amides is 2. The number of carbonyl (C=O) groups excluding carboxylic acids is 2. The van der Waals surface area contributed by atoms with E-state index in [0.29, 0.717) is 60.4 Å². The molecule has 1 saturated heterocycles. The van der Waals surface area contributed by atoms with Gasteiger partial charge in [0.25, 0.3) is 5.91 Å². The Morgan fingerprint density at radius 3 is 2.15 bits per heavy atom. The number of hydrogen-bond donors (Lipinski definition) is 0. The van der Waals surface area contributed by atoms with Crippen LogP contribution < -0.4 is 4.90 Å². The summed E-state index contributed by atoms with van der Waals surface area (Å²) >= 11 is 12.3. The van der Waals surface area contributed by atoms with Crippen LogP contribution in [-0.4, -0.2) is 71.1 Å². The molecule has 5 rings (SSSR count). The molecule has 7 nitrogen and oxygen atoms in total. The predicted octanol–water partition coefficient (Wildman–Crippen LogP) is 5.48. The fraction of sp³-hybridized carbons (Fsp3) is 0.226. The molecule has 2 heterocycles. The van der Waals surface area contributed by atoms with Gasteiger partial charge in [-0.15, -0.1) is 10.2 Å². The van der Waals surface area contributed by atoms with Gasteiger partial charge in [0.2, 0.25) is 5.91 Å². The number of carbonyl (C=O) groups is 2. The van der Waals surface area contributed by atoms with E-state index in [2.05, 4.69) is 15.1 Å². The molecule has 0 unspecified atom stereocenters. The van der Waals surface area contributed by atoms with Gasteiger partial charge in [0.05, 0.1) is 10.7 Å². The Hall–Kier alpha value is -3.94. The smallest absolute Gasteiger partial charge is 0.254 e. The van der Waals surface area contributed by atoms with E-state index < -0.39 is 0 Å². The molecular weight excluding hydrogens is 545 g/mol. The summed E-state index contributed by atoms with van der Waals surface area (Å²) in [7, 11) is 0. The predicted molar refractivity (Wildman–Crippen MR) is 159 cm³/mol. The van der Waals surface area contributed by atoms with Crippen LogP contribution >= 0.6 is 23.2 Å². The first-order valence-corrected chi connectivity index (χ1v) is 13.9. The van der Waals surface area contributed by atoms with Crippen LogP contribution in [0.25, 0.3) is 11.3 Å². The molecule has 0 atom stereocenters. The van der Waals surface area contributed by atoms with Crippen LogP contribution in [0.2, 0.25) is 10.0 Å². The van der Waals surface area contributed by atoms with Crippen LogP contribution in [0.5, 0.6) is 0 Å². The number of benzene rings is 3. The zero-order valence-corrected chi connectivity index (χ0v) is 23.4. The molecule has 0 bridgehead atoms. The van der Waals surface area contributed by atoms with Gasteiger partial charge >= 0.3 is 0 Å². The molecule has 0 radical (unpaired) electrons. The summed E-state index contributed by atoms with van der Waals surface area (Å²) in [5, 5.41) is 9.96. The van der Waals surface area contributed by atoms with E-state index in [9.17, 15) is 9.59 Å². The van der Waals surface area contributed by atoms with Crippen molar-refractivity contribution in [3.63, 3.8) is 0 Å². The Labute approximate surface area is 243 Å². The molecule has 1 aromatic heterocycles. The van der Waals surface area contributed by atoms with Crippen LogP contribution in [0.15, 0.2) is 91.0 Å². The third kappa shape index (κ3) is 6.79. The van der Waals surface area contributed by atoms with Crippen LogP contribution in [0.3, 0.4) is 0 Å². The molecule has 1 fully saturated rings. The van der Waals surface area contributed by atoms with Gasteiger partial charge in [-0.2, -0.15) is 0 Å². The van der Waals surface area contributed by atoms with E-state index in [1.165, 1.54) is 0 Å². The maximum atomic E-state index is 13.4. The topological polar surface area (TPSA) is 69.6 Å². The average molecular weight is 575 g/mol. The van der Waals surface area contributed by atoms with Crippen molar-refractivity contribution in [2.45, 2.75) is 6.42 Å². The third-order valence-corrected chi connectivity index (χ3v) is 7.56. The van der Waals surface area contributed by atoms with Crippen LogP contribution in [0.4, 0.5) is 5.82 Å². The number of aromatic nitrogens is 2. The second-order valence-electron chi connectivity index (χ2n) is 9.59. The lowest BCUT2D eigenvalue weighted by Gasteiger charge is -2.36. The summed E-state index contributed by atoms with van der Waals surface area (Å²) in [5.41, 5.74) is 3.17. The number of piperazine rings is 1. The molecular formula is C31H29Cl2N5O2. The Morgan fingerprint density at radius 1 is 0.775 bits per heavy atom. The molecule has 1 aliphatic rings. The standard InChI is InChI=1S/C31H29Cl2N5O2/c32-25-12-10-24(11-13-25)31(40)38(17-16-23-6-2-1-3-7-23)22-30(39)37-20-18-36(19-21-37)29-15-14-28(34-35-29)26-8-4-5-9-27(26)33/h1-15H,16-22H2. The van der Waals surface area contributed by atoms with Crippen molar-refractivity contribution in [1.29, 1.82) is 0 Å². The first-order chi connectivity index (χ1) is 19.5. The van der Waals surface area contributed by atoms with Crippen molar-refractivity contribution >= 4 is 40.8 Å². The van der Waals surface area contributed by atoms with E-state index in [4.69, 9.17) is 23.2 Å². The van der Waals surface area contributed by atoms with Gasteiger partial charge in [0.1, 0.15) is 6.54 Å². The number of halogens is 2. The average Bonchev–Trinajstić information content (AvgIpc) is 3.00. The molecule has 0 aliphatic carbocycles. The lowest BCUT2D eigenvalue weighted by molar-refractivity contribution is -0.132. The van der Waals surface area contributed by atoms with Gasteiger partial charge < -0.3 is 14.7 Å². The van der Waals surface area contributed by atoms with Crippen molar-refractivity contribution in [2.24, 2.45) is 0 Å². The van der Waals surface area contributed by atoms with Gasteiger partial charge in [0.15, 0.2) is 5.82 Å². The van der Waals surface area contributed by atoms with Crippen LogP contribution in [0, 0.1) is 0 Å². The minimum absolute atomic E-state index is 0.0145. The van der Waals surface area contributed by atoms with E-state index in [0.717, 1.165) is 16.9 Å². The molecule has 3 aromatic carbocycles. The largest absolute Gasteiger partial charge is 0.352 e. The van der Waals surface area contributed by atoms with Crippen molar-refractivity contribution in [3.8, 4) is 11.3 Å². The van der Waals surface area contributed by atoms with Crippen LogP contribution in [0.1, 0.15) is 15.9 Å². The molecule has 0 spiro atoms. The summed E-state index contributed by atoms with van der Waals surface area (Å²) in [6.07, 6.45) is 0.657. The number of anilines is 1. The highest BCUT2D eigenvalue weighted by Gasteiger charge is 2.26. The molecule has 2 amide bonds. The molecule has 9 heteroatoms. The SMILES string of the molecule is O=C(CN(CCc1ccccc1)C(=O)c1ccc(Cl)cc1)N1CCN(c2ccc(-c3ccccc3Cl)nn2)CC1. The highest BCUT2D eigenvalue weighted by atomic mass is 35.5. The van der Waals surface area contributed by atoms with E-state index in [1.807, 2.05) is 71.6 Å². The van der Waals surface area contributed by atoms with Gasteiger partial charge in [-0.05, 0) is 54.4 Å². The minimum Gasteiger partial charge on any atom is -0.352 e. The van der Waals surface area contributed by atoms with Crippen molar-refractivity contribution in [3.05, 3.63) is 112 Å². The number of rotatable bonds is 8. The molecule has 0 saturated carbocycles. The van der Waals surface area contributed by atoms with Gasteiger partial charge in [-0.1, -0.05) is 71.7 Å². The maximum Gasteiger partial charge on any atom is 0.254 e. The van der Waals surface area contributed by atoms with Gasteiger partial charge in [-0.3, -0.25) is 9.59 Å². The first kappa shape index (κ1) is 27.6.